The van der Waals surface area contributed by atoms with E-state index in [9.17, 15) is 18.0 Å². The van der Waals surface area contributed by atoms with E-state index in [4.69, 9.17) is 11.6 Å². The van der Waals surface area contributed by atoms with E-state index in [1.807, 2.05) is 0 Å². The number of methoxy groups -OCH3 is 1. The van der Waals surface area contributed by atoms with E-state index in [1.54, 1.807) is 0 Å². The quantitative estimate of drug-likeness (QED) is 0.689. The monoisotopic (exact) mass is 245 g/mol. The highest BCUT2D eigenvalue weighted by Crippen LogP contribution is 2.40. The standard InChI is InChI=1S/C8H11ClF3NO2/c1-15-7(8(10,11)12)2-3-13(5-7)6(14)4-9/h2-5H2,1H3/t7-/m1/s1. The van der Waals surface area contributed by atoms with Gasteiger partial charge in [0, 0.05) is 20.1 Å². The normalized spacial score (nSPS) is 27.1. The first-order valence-electron chi connectivity index (χ1n) is 4.32. The largest absolute Gasteiger partial charge is 0.419 e. The van der Waals surface area contributed by atoms with Crippen molar-refractivity contribution < 1.29 is 22.7 Å². The van der Waals surface area contributed by atoms with Gasteiger partial charge in [-0.2, -0.15) is 13.2 Å². The fourth-order valence-corrected chi connectivity index (χ4v) is 1.76. The summed E-state index contributed by atoms with van der Waals surface area (Å²) in [4.78, 5) is 12.2. The molecule has 0 radical (unpaired) electrons. The Hall–Kier alpha value is -0.490. The SMILES string of the molecule is CO[C@]1(C(F)(F)F)CCN(C(=O)CCl)C1. The maximum atomic E-state index is 12.7. The molecule has 0 bridgehead atoms. The van der Waals surface area contributed by atoms with Crippen molar-refractivity contribution in [3.05, 3.63) is 0 Å². The number of carbonyl (C=O) groups excluding carboxylic acids is 1. The molecule has 0 unspecified atom stereocenters. The van der Waals surface area contributed by atoms with Gasteiger partial charge in [0.2, 0.25) is 5.91 Å². The minimum atomic E-state index is -4.47. The van der Waals surface area contributed by atoms with Crippen LogP contribution in [0.2, 0.25) is 0 Å². The summed E-state index contributed by atoms with van der Waals surface area (Å²) < 4.78 is 42.5. The number of ether oxygens (including phenoxy) is 1. The van der Waals surface area contributed by atoms with Gasteiger partial charge in [-0.1, -0.05) is 0 Å². The molecule has 0 aromatic rings. The predicted octanol–water partition coefficient (Wildman–Crippen LogP) is 1.41. The molecule has 0 spiro atoms. The molecule has 1 aliphatic heterocycles. The highest BCUT2D eigenvalue weighted by molar-refractivity contribution is 6.27. The van der Waals surface area contributed by atoms with Crippen molar-refractivity contribution in [3.8, 4) is 0 Å². The van der Waals surface area contributed by atoms with E-state index in [1.165, 1.54) is 0 Å². The molecule has 0 aromatic heterocycles. The van der Waals surface area contributed by atoms with Gasteiger partial charge in [0.05, 0.1) is 6.54 Å². The smallest absolute Gasteiger partial charge is 0.367 e. The molecule has 0 aromatic carbocycles. The number of hydrogen-bond donors (Lipinski definition) is 0. The van der Waals surface area contributed by atoms with Gasteiger partial charge in [-0.05, 0) is 0 Å². The lowest BCUT2D eigenvalue weighted by Gasteiger charge is -2.29. The first kappa shape index (κ1) is 12.6. The van der Waals surface area contributed by atoms with E-state index in [0.29, 0.717) is 0 Å². The number of nitrogens with zero attached hydrogens (tertiary/aromatic N) is 1. The second-order valence-electron chi connectivity index (χ2n) is 3.40. The maximum Gasteiger partial charge on any atom is 0.419 e. The van der Waals surface area contributed by atoms with Crippen LogP contribution in [-0.2, 0) is 9.53 Å². The maximum absolute atomic E-state index is 12.7. The van der Waals surface area contributed by atoms with Gasteiger partial charge in [-0.15, -0.1) is 11.6 Å². The Labute approximate surface area is 90.1 Å². The summed E-state index contributed by atoms with van der Waals surface area (Å²) in [6.07, 6.45) is -4.71. The van der Waals surface area contributed by atoms with Crippen molar-refractivity contribution in [2.75, 3.05) is 26.1 Å². The van der Waals surface area contributed by atoms with Crippen LogP contribution >= 0.6 is 11.6 Å². The number of amides is 1. The third kappa shape index (κ3) is 2.20. The fraction of sp³-hybridized carbons (Fsp3) is 0.875. The van der Waals surface area contributed by atoms with Crippen molar-refractivity contribution in [1.82, 2.24) is 4.90 Å². The lowest BCUT2D eigenvalue weighted by Crippen LogP contribution is -2.49. The second-order valence-corrected chi connectivity index (χ2v) is 3.66. The summed E-state index contributed by atoms with van der Waals surface area (Å²) in [6, 6.07) is 0. The Balaban J connectivity index is 2.78. The molecule has 0 saturated carbocycles. The summed E-state index contributed by atoms with van der Waals surface area (Å²) >= 11 is 5.27. The van der Waals surface area contributed by atoms with Crippen molar-refractivity contribution in [2.45, 2.75) is 18.2 Å². The van der Waals surface area contributed by atoms with Crippen LogP contribution in [0.15, 0.2) is 0 Å². The van der Waals surface area contributed by atoms with Gasteiger partial charge in [0.25, 0.3) is 0 Å². The molecule has 1 heterocycles. The van der Waals surface area contributed by atoms with E-state index in [-0.39, 0.29) is 18.8 Å². The average Bonchev–Trinajstić information content (AvgIpc) is 2.61. The molecule has 0 aliphatic carbocycles. The van der Waals surface area contributed by atoms with Crippen LogP contribution in [-0.4, -0.2) is 48.7 Å². The molecule has 0 N–H and O–H groups in total. The van der Waals surface area contributed by atoms with Gasteiger partial charge in [0.15, 0.2) is 5.60 Å². The topological polar surface area (TPSA) is 29.5 Å². The lowest BCUT2D eigenvalue weighted by molar-refractivity contribution is -0.263. The predicted molar refractivity (Wildman–Crippen MR) is 47.7 cm³/mol. The van der Waals surface area contributed by atoms with Gasteiger partial charge in [-0.25, -0.2) is 0 Å². The Kier molecular flexibility index (Phi) is 3.50. The highest BCUT2D eigenvalue weighted by Gasteiger charge is 2.59. The zero-order valence-corrected chi connectivity index (χ0v) is 8.86. The molecule has 1 amide bonds. The molecule has 1 fully saturated rings. The molecule has 1 rings (SSSR count). The number of alkyl halides is 4. The molecule has 1 atom stereocenters. The minimum Gasteiger partial charge on any atom is -0.367 e. The zero-order chi connectivity index (χ0) is 11.7. The third-order valence-corrected chi connectivity index (χ3v) is 2.83. The highest BCUT2D eigenvalue weighted by atomic mass is 35.5. The van der Waals surface area contributed by atoms with Crippen LogP contribution in [0, 0.1) is 0 Å². The summed E-state index contributed by atoms with van der Waals surface area (Å²) in [5.41, 5.74) is -2.23. The van der Waals surface area contributed by atoms with E-state index >= 15 is 0 Å². The Bertz CT molecular complexity index is 259. The van der Waals surface area contributed by atoms with Crippen molar-refractivity contribution in [2.24, 2.45) is 0 Å². The number of hydrogen-bond acceptors (Lipinski definition) is 2. The van der Waals surface area contributed by atoms with Crippen LogP contribution in [0.3, 0.4) is 0 Å². The van der Waals surface area contributed by atoms with Gasteiger partial charge >= 0.3 is 6.18 Å². The summed E-state index contributed by atoms with van der Waals surface area (Å²) in [7, 11) is 1.00. The molecular formula is C8H11ClF3NO2. The zero-order valence-electron chi connectivity index (χ0n) is 8.10. The first-order chi connectivity index (χ1) is 6.86. The molecule has 1 aliphatic rings. The number of halogens is 4. The summed E-state index contributed by atoms with van der Waals surface area (Å²) in [5.74, 6) is -0.808. The summed E-state index contributed by atoms with van der Waals surface area (Å²) in [5, 5.41) is 0. The van der Waals surface area contributed by atoms with Gasteiger partial charge in [0.1, 0.15) is 5.88 Å². The lowest BCUT2D eigenvalue weighted by atomic mass is 10.0. The minimum absolute atomic E-state index is 0.0267. The van der Waals surface area contributed by atoms with Crippen molar-refractivity contribution in [1.29, 1.82) is 0 Å². The third-order valence-electron chi connectivity index (χ3n) is 2.61. The van der Waals surface area contributed by atoms with E-state index in [0.717, 1.165) is 12.0 Å². The second kappa shape index (κ2) is 4.17. The Morgan fingerprint density at radius 3 is 2.53 bits per heavy atom. The fourth-order valence-electron chi connectivity index (χ4n) is 1.59. The van der Waals surface area contributed by atoms with Crippen LogP contribution in [0.25, 0.3) is 0 Å². The molecule has 88 valence electrons. The molecule has 15 heavy (non-hydrogen) atoms. The van der Waals surface area contributed by atoms with E-state index < -0.39 is 24.2 Å². The molecule has 3 nitrogen and oxygen atoms in total. The van der Waals surface area contributed by atoms with Crippen LogP contribution in [0.5, 0.6) is 0 Å². The Morgan fingerprint density at radius 2 is 2.20 bits per heavy atom. The van der Waals surface area contributed by atoms with Gasteiger partial charge < -0.3 is 9.64 Å². The number of carbonyl (C=O) groups is 1. The van der Waals surface area contributed by atoms with Crippen molar-refractivity contribution >= 4 is 17.5 Å². The molecule has 1 saturated heterocycles. The first-order valence-corrected chi connectivity index (χ1v) is 4.85. The van der Waals surface area contributed by atoms with Crippen molar-refractivity contribution in [3.63, 3.8) is 0 Å². The molecular weight excluding hydrogens is 235 g/mol. The molecule has 7 heteroatoms. The van der Waals surface area contributed by atoms with Gasteiger partial charge in [-0.3, -0.25) is 4.79 Å². The number of likely N-dealkylation sites (tertiary alicyclic amines) is 1. The van der Waals surface area contributed by atoms with Crippen LogP contribution in [0.1, 0.15) is 6.42 Å². The van der Waals surface area contributed by atoms with E-state index in [2.05, 4.69) is 4.74 Å². The van der Waals surface area contributed by atoms with Crippen LogP contribution in [0.4, 0.5) is 13.2 Å². The average molecular weight is 246 g/mol. The van der Waals surface area contributed by atoms with Crippen LogP contribution < -0.4 is 0 Å². The summed E-state index contributed by atoms with van der Waals surface area (Å²) in [6.45, 7) is -0.447. The number of rotatable bonds is 2. The Morgan fingerprint density at radius 1 is 1.60 bits per heavy atom.